The molecule has 1 atom stereocenters. The Bertz CT molecular complexity index is 209. The average Bonchev–Trinajstić information content (AvgIpc) is 2.75. The quantitative estimate of drug-likeness (QED) is 0.722. The molecule has 0 spiro atoms. The zero-order valence-corrected chi connectivity index (χ0v) is 10.2. The van der Waals surface area contributed by atoms with Crippen LogP contribution >= 0.6 is 0 Å². The largest absolute Gasteiger partial charge is 0.388 e. The SMILES string of the molecule is CNCC1(O)CCN(CC2CCCO2)CC1. The van der Waals surface area contributed by atoms with E-state index in [4.69, 9.17) is 4.74 Å². The summed E-state index contributed by atoms with van der Waals surface area (Å²) in [6.45, 7) is 4.69. The molecule has 0 aromatic heterocycles. The molecule has 2 rings (SSSR count). The van der Waals surface area contributed by atoms with Gasteiger partial charge in [-0.05, 0) is 32.7 Å². The Kier molecular flexibility index (Phi) is 4.19. The Morgan fingerprint density at radius 1 is 1.44 bits per heavy atom. The lowest BCUT2D eigenvalue weighted by molar-refractivity contribution is -0.0295. The first-order valence-electron chi connectivity index (χ1n) is 6.43. The van der Waals surface area contributed by atoms with E-state index < -0.39 is 5.60 Å². The normalized spacial score (nSPS) is 30.8. The number of piperidine rings is 1. The number of hydrogen-bond donors (Lipinski definition) is 2. The van der Waals surface area contributed by atoms with Gasteiger partial charge < -0.3 is 20.1 Å². The van der Waals surface area contributed by atoms with Crippen molar-refractivity contribution in [2.75, 3.05) is 39.8 Å². The van der Waals surface area contributed by atoms with Crippen molar-refractivity contribution in [3.63, 3.8) is 0 Å². The van der Waals surface area contributed by atoms with E-state index in [2.05, 4.69) is 10.2 Å². The van der Waals surface area contributed by atoms with Gasteiger partial charge >= 0.3 is 0 Å². The van der Waals surface area contributed by atoms with Crippen LogP contribution in [0.25, 0.3) is 0 Å². The Labute approximate surface area is 98.0 Å². The van der Waals surface area contributed by atoms with Crippen LogP contribution in [-0.2, 0) is 4.74 Å². The number of likely N-dealkylation sites (N-methyl/N-ethyl adjacent to an activating group) is 1. The zero-order valence-electron chi connectivity index (χ0n) is 10.2. The molecule has 2 aliphatic heterocycles. The zero-order chi connectivity index (χ0) is 11.4. The van der Waals surface area contributed by atoms with Gasteiger partial charge in [-0.25, -0.2) is 0 Å². The van der Waals surface area contributed by atoms with Crippen molar-refractivity contribution in [3.05, 3.63) is 0 Å². The Balaban J connectivity index is 1.72. The van der Waals surface area contributed by atoms with Gasteiger partial charge in [0, 0.05) is 32.8 Å². The fraction of sp³-hybridized carbons (Fsp3) is 1.00. The molecule has 0 aromatic rings. The number of nitrogens with one attached hydrogen (secondary N) is 1. The first-order chi connectivity index (χ1) is 7.72. The van der Waals surface area contributed by atoms with Crippen LogP contribution in [0.5, 0.6) is 0 Å². The second-order valence-electron chi connectivity index (χ2n) is 5.19. The molecule has 4 heteroatoms. The summed E-state index contributed by atoms with van der Waals surface area (Å²) in [6, 6.07) is 0. The van der Waals surface area contributed by atoms with Crippen LogP contribution in [0.3, 0.4) is 0 Å². The van der Waals surface area contributed by atoms with E-state index in [9.17, 15) is 5.11 Å². The molecule has 0 bridgehead atoms. The second-order valence-corrected chi connectivity index (χ2v) is 5.19. The number of hydrogen-bond acceptors (Lipinski definition) is 4. The molecule has 2 N–H and O–H groups in total. The summed E-state index contributed by atoms with van der Waals surface area (Å²) in [5.74, 6) is 0. The van der Waals surface area contributed by atoms with E-state index in [0.717, 1.165) is 39.1 Å². The van der Waals surface area contributed by atoms with Gasteiger partial charge in [0.2, 0.25) is 0 Å². The summed E-state index contributed by atoms with van der Waals surface area (Å²) < 4.78 is 5.64. The van der Waals surface area contributed by atoms with Gasteiger partial charge in [-0.15, -0.1) is 0 Å². The molecule has 16 heavy (non-hydrogen) atoms. The lowest BCUT2D eigenvalue weighted by Gasteiger charge is -2.38. The van der Waals surface area contributed by atoms with Crippen LogP contribution in [-0.4, -0.2) is 61.5 Å². The third kappa shape index (κ3) is 3.17. The van der Waals surface area contributed by atoms with Gasteiger partial charge in [0.1, 0.15) is 0 Å². The third-order valence-electron chi connectivity index (χ3n) is 3.78. The molecular formula is C12H24N2O2. The summed E-state index contributed by atoms with van der Waals surface area (Å²) in [7, 11) is 1.90. The summed E-state index contributed by atoms with van der Waals surface area (Å²) in [4.78, 5) is 2.43. The van der Waals surface area contributed by atoms with Crippen molar-refractivity contribution in [2.24, 2.45) is 0 Å². The highest BCUT2D eigenvalue weighted by Gasteiger charge is 2.32. The van der Waals surface area contributed by atoms with Crippen LogP contribution in [0.4, 0.5) is 0 Å². The number of ether oxygens (including phenoxy) is 1. The monoisotopic (exact) mass is 228 g/mol. The standard InChI is InChI=1S/C12H24N2O2/c1-13-10-12(15)4-6-14(7-5-12)9-11-3-2-8-16-11/h11,13,15H,2-10H2,1H3. The predicted octanol–water partition coefficient (Wildman–Crippen LogP) is 0.212. The minimum absolute atomic E-state index is 0.440. The summed E-state index contributed by atoms with van der Waals surface area (Å²) in [5.41, 5.74) is -0.484. The predicted molar refractivity (Wildman–Crippen MR) is 63.5 cm³/mol. The van der Waals surface area contributed by atoms with E-state index in [0.29, 0.717) is 12.6 Å². The minimum atomic E-state index is -0.484. The van der Waals surface area contributed by atoms with Crippen LogP contribution in [0.15, 0.2) is 0 Å². The molecule has 0 amide bonds. The lowest BCUT2D eigenvalue weighted by Crippen LogP contribution is -2.50. The molecule has 1 unspecified atom stereocenters. The van der Waals surface area contributed by atoms with E-state index in [1.807, 2.05) is 7.05 Å². The smallest absolute Gasteiger partial charge is 0.0795 e. The van der Waals surface area contributed by atoms with E-state index in [-0.39, 0.29) is 0 Å². The van der Waals surface area contributed by atoms with Crippen molar-refractivity contribution in [1.29, 1.82) is 0 Å². The number of aliphatic hydroxyl groups is 1. The number of nitrogens with zero attached hydrogens (tertiary/aromatic N) is 1. The van der Waals surface area contributed by atoms with Crippen molar-refractivity contribution in [1.82, 2.24) is 10.2 Å². The summed E-state index contributed by atoms with van der Waals surface area (Å²) in [5, 5.41) is 13.3. The van der Waals surface area contributed by atoms with Crippen LogP contribution in [0, 0.1) is 0 Å². The van der Waals surface area contributed by atoms with Crippen LogP contribution < -0.4 is 5.32 Å². The highest BCUT2D eigenvalue weighted by atomic mass is 16.5. The van der Waals surface area contributed by atoms with Crippen molar-refractivity contribution in [3.8, 4) is 0 Å². The molecule has 2 heterocycles. The molecule has 2 saturated heterocycles. The van der Waals surface area contributed by atoms with Crippen molar-refractivity contribution in [2.45, 2.75) is 37.4 Å². The number of likely N-dealkylation sites (tertiary alicyclic amines) is 1. The van der Waals surface area contributed by atoms with Crippen LogP contribution in [0.2, 0.25) is 0 Å². The van der Waals surface area contributed by atoms with Gasteiger partial charge in [0.25, 0.3) is 0 Å². The molecular weight excluding hydrogens is 204 g/mol. The summed E-state index contributed by atoms with van der Waals surface area (Å²) >= 11 is 0. The molecule has 2 fully saturated rings. The van der Waals surface area contributed by atoms with Gasteiger partial charge in [0.05, 0.1) is 11.7 Å². The molecule has 0 radical (unpaired) electrons. The number of rotatable bonds is 4. The summed E-state index contributed by atoms with van der Waals surface area (Å²) in [6.07, 6.45) is 4.61. The fourth-order valence-electron chi connectivity index (χ4n) is 2.73. The highest BCUT2D eigenvalue weighted by molar-refractivity contribution is 4.88. The second kappa shape index (κ2) is 5.45. The third-order valence-corrected chi connectivity index (χ3v) is 3.78. The van der Waals surface area contributed by atoms with E-state index >= 15 is 0 Å². The lowest BCUT2D eigenvalue weighted by atomic mass is 9.91. The minimum Gasteiger partial charge on any atom is -0.388 e. The van der Waals surface area contributed by atoms with Crippen molar-refractivity contribution < 1.29 is 9.84 Å². The maximum absolute atomic E-state index is 10.2. The maximum Gasteiger partial charge on any atom is 0.0795 e. The molecule has 0 aromatic carbocycles. The Morgan fingerprint density at radius 3 is 2.75 bits per heavy atom. The molecule has 94 valence electrons. The van der Waals surface area contributed by atoms with E-state index in [1.54, 1.807) is 0 Å². The Hall–Kier alpha value is -0.160. The van der Waals surface area contributed by atoms with Gasteiger partial charge in [-0.1, -0.05) is 0 Å². The van der Waals surface area contributed by atoms with Gasteiger partial charge in [-0.2, -0.15) is 0 Å². The molecule has 2 aliphatic rings. The fourth-order valence-corrected chi connectivity index (χ4v) is 2.73. The molecule has 0 aliphatic carbocycles. The first kappa shape index (κ1) is 12.3. The van der Waals surface area contributed by atoms with Crippen molar-refractivity contribution >= 4 is 0 Å². The highest BCUT2D eigenvalue weighted by Crippen LogP contribution is 2.23. The Morgan fingerprint density at radius 2 is 2.19 bits per heavy atom. The molecule has 0 saturated carbocycles. The topological polar surface area (TPSA) is 44.7 Å². The van der Waals surface area contributed by atoms with E-state index in [1.165, 1.54) is 12.8 Å². The first-order valence-corrected chi connectivity index (χ1v) is 6.43. The maximum atomic E-state index is 10.2. The van der Waals surface area contributed by atoms with Gasteiger partial charge in [-0.3, -0.25) is 0 Å². The van der Waals surface area contributed by atoms with Gasteiger partial charge in [0.15, 0.2) is 0 Å². The van der Waals surface area contributed by atoms with Crippen LogP contribution in [0.1, 0.15) is 25.7 Å². The average molecular weight is 228 g/mol. The molecule has 4 nitrogen and oxygen atoms in total.